The van der Waals surface area contributed by atoms with Gasteiger partial charge in [-0.1, -0.05) is 17.7 Å². The van der Waals surface area contributed by atoms with Crippen LogP contribution in [0.25, 0.3) is 0 Å². The third-order valence-corrected chi connectivity index (χ3v) is 5.14. The Morgan fingerprint density at radius 3 is 2.25 bits per heavy atom. The molecule has 0 aromatic heterocycles. The minimum Gasteiger partial charge on any atom is -0.493 e. The van der Waals surface area contributed by atoms with Crippen LogP contribution in [-0.4, -0.2) is 28.9 Å². The topological polar surface area (TPSA) is 77.0 Å². The van der Waals surface area contributed by atoms with Crippen molar-refractivity contribution < 1.29 is 17.9 Å². The van der Waals surface area contributed by atoms with E-state index in [0.29, 0.717) is 21.5 Å². The molecular weight excluding hydrogens is 396 g/mol. The summed E-state index contributed by atoms with van der Waals surface area (Å²) in [5, 5.41) is 3.81. The summed E-state index contributed by atoms with van der Waals surface area (Å²) in [7, 11) is -0.652. The van der Waals surface area contributed by atoms with Gasteiger partial charge in [0.1, 0.15) is 0 Å². The predicted molar refractivity (Wildman–Crippen MR) is 96.3 cm³/mol. The van der Waals surface area contributed by atoms with E-state index in [1.807, 2.05) is 6.92 Å². The lowest BCUT2D eigenvalue weighted by Gasteiger charge is -2.09. The summed E-state index contributed by atoms with van der Waals surface area (Å²) in [5.74, 6) is 1.07. The van der Waals surface area contributed by atoms with Gasteiger partial charge in [-0.05, 0) is 47.1 Å². The molecule has 0 aliphatic carbocycles. The molecule has 128 valence electrons. The first-order chi connectivity index (χ1) is 11.4. The molecule has 24 heavy (non-hydrogen) atoms. The number of nitrogens with one attached hydrogen (secondary N) is 1. The number of hydrogen-bond acceptors (Lipinski definition) is 5. The number of ether oxygens (including phenoxy) is 2. The summed E-state index contributed by atoms with van der Waals surface area (Å²) in [4.78, 5) is 2.33. The maximum atomic E-state index is 12.2. The predicted octanol–water partition coefficient (Wildman–Crippen LogP) is 3.09. The fraction of sp³-hybridized carbons (Fsp3) is 0.188. The Bertz CT molecular complexity index is 849. The highest BCUT2D eigenvalue weighted by atomic mass is 79.9. The molecule has 0 saturated heterocycles. The van der Waals surface area contributed by atoms with Crippen LogP contribution in [0.15, 0.2) is 50.9 Å². The molecule has 1 N–H and O–H groups in total. The second-order valence-corrected chi connectivity index (χ2v) is 7.41. The van der Waals surface area contributed by atoms with E-state index in [1.165, 1.54) is 32.6 Å². The van der Waals surface area contributed by atoms with Crippen molar-refractivity contribution in [3.05, 3.63) is 52.0 Å². The maximum Gasteiger partial charge on any atom is 0.276 e. The molecule has 0 fully saturated rings. The van der Waals surface area contributed by atoms with Crippen LogP contribution in [-0.2, 0) is 10.0 Å². The van der Waals surface area contributed by atoms with Gasteiger partial charge in [0.25, 0.3) is 10.0 Å². The Kier molecular flexibility index (Phi) is 5.84. The summed E-state index contributed by atoms with van der Waals surface area (Å²) in [6, 6.07) is 9.91. The molecule has 0 saturated carbocycles. The largest absolute Gasteiger partial charge is 0.493 e. The standard InChI is InChI=1S/C16H17BrN2O4S/c1-11-4-6-13(7-5-11)24(20,21)19-18-10-12-8-15(22-2)16(23-3)9-14(12)17/h4-10,19H,1-3H3/b18-10+. The van der Waals surface area contributed by atoms with E-state index in [9.17, 15) is 8.42 Å². The van der Waals surface area contributed by atoms with Crippen molar-refractivity contribution in [3.8, 4) is 11.5 Å². The third kappa shape index (κ3) is 4.27. The fourth-order valence-corrected chi connectivity index (χ4v) is 3.12. The minimum atomic E-state index is -3.71. The molecule has 0 heterocycles. The summed E-state index contributed by atoms with van der Waals surface area (Å²) in [5.41, 5.74) is 1.62. The van der Waals surface area contributed by atoms with E-state index in [-0.39, 0.29) is 4.90 Å². The van der Waals surface area contributed by atoms with Gasteiger partial charge in [0.2, 0.25) is 0 Å². The van der Waals surface area contributed by atoms with Crippen LogP contribution in [0.2, 0.25) is 0 Å². The van der Waals surface area contributed by atoms with Gasteiger partial charge >= 0.3 is 0 Å². The van der Waals surface area contributed by atoms with Crippen molar-refractivity contribution in [2.45, 2.75) is 11.8 Å². The lowest BCUT2D eigenvalue weighted by Crippen LogP contribution is -2.18. The zero-order chi connectivity index (χ0) is 17.7. The number of benzene rings is 2. The van der Waals surface area contributed by atoms with E-state index in [1.54, 1.807) is 24.3 Å². The molecule has 0 bridgehead atoms. The monoisotopic (exact) mass is 412 g/mol. The van der Waals surface area contributed by atoms with Gasteiger partial charge in [-0.3, -0.25) is 0 Å². The van der Waals surface area contributed by atoms with Gasteiger partial charge in [0.05, 0.1) is 25.3 Å². The smallest absolute Gasteiger partial charge is 0.276 e. The van der Waals surface area contributed by atoms with Gasteiger partial charge < -0.3 is 9.47 Å². The Labute approximate surface area is 149 Å². The number of hydrogen-bond donors (Lipinski definition) is 1. The molecule has 2 aromatic carbocycles. The molecular formula is C16H17BrN2O4S. The van der Waals surface area contributed by atoms with Crippen LogP contribution < -0.4 is 14.3 Å². The van der Waals surface area contributed by atoms with Gasteiger partial charge in [-0.25, -0.2) is 4.83 Å². The lowest BCUT2D eigenvalue weighted by molar-refractivity contribution is 0.354. The van der Waals surface area contributed by atoms with Crippen molar-refractivity contribution in [3.63, 3.8) is 0 Å². The summed E-state index contributed by atoms with van der Waals surface area (Å²) < 4.78 is 35.4. The Morgan fingerprint density at radius 2 is 1.67 bits per heavy atom. The SMILES string of the molecule is COc1cc(Br)c(/C=N/NS(=O)(=O)c2ccc(C)cc2)cc1OC. The van der Waals surface area contributed by atoms with E-state index < -0.39 is 10.0 Å². The number of nitrogens with zero attached hydrogens (tertiary/aromatic N) is 1. The summed E-state index contributed by atoms with van der Waals surface area (Å²) in [6.45, 7) is 1.89. The second kappa shape index (κ2) is 7.67. The molecule has 2 rings (SSSR count). The average molecular weight is 413 g/mol. The van der Waals surface area contributed by atoms with Crippen molar-refractivity contribution in [1.29, 1.82) is 0 Å². The first-order valence-electron chi connectivity index (χ1n) is 6.90. The number of halogens is 1. The van der Waals surface area contributed by atoms with Crippen LogP contribution in [0.4, 0.5) is 0 Å². The van der Waals surface area contributed by atoms with E-state index in [0.717, 1.165) is 5.56 Å². The number of rotatable bonds is 6. The highest BCUT2D eigenvalue weighted by Gasteiger charge is 2.12. The zero-order valence-electron chi connectivity index (χ0n) is 13.4. The van der Waals surface area contributed by atoms with Crippen molar-refractivity contribution >= 4 is 32.2 Å². The van der Waals surface area contributed by atoms with Gasteiger partial charge in [0, 0.05) is 10.0 Å². The molecule has 0 aliphatic heterocycles. The van der Waals surface area contributed by atoms with Crippen molar-refractivity contribution in [2.75, 3.05) is 14.2 Å². The Balaban J connectivity index is 2.21. The highest BCUT2D eigenvalue weighted by molar-refractivity contribution is 9.10. The molecule has 0 radical (unpaired) electrons. The van der Waals surface area contributed by atoms with Gasteiger partial charge in [-0.2, -0.15) is 13.5 Å². The maximum absolute atomic E-state index is 12.2. The second-order valence-electron chi connectivity index (χ2n) is 4.89. The molecule has 6 nitrogen and oxygen atoms in total. The lowest BCUT2D eigenvalue weighted by atomic mass is 10.2. The first kappa shape index (κ1) is 18.3. The highest BCUT2D eigenvalue weighted by Crippen LogP contribution is 2.32. The molecule has 0 unspecified atom stereocenters. The van der Waals surface area contributed by atoms with Crippen molar-refractivity contribution in [2.24, 2.45) is 5.10 Å². The van der Waals surface area contributed by atoms with Gasteiger partial charge in [-0.15, -0.1) is 0 Å². The Morgan fingerprint density at radius 1 is 1.08 bits per heavy atom. The third-order valence-electron chi connectivity index (χ3n) is 3.21. The van der Waals surface area contributed by atoms with Crippen LogP contribution in [0.1, 0.15) is 11.1 Å². The normalized spacial score (nSPS) is 11.5. The average Bonchev–Trinajstić information content (AvgIpc) is 2.56. The molecule has 8 heteroatoms. The minimum absolute atomic E-state index is 0.150. The molecule has 0 spiro atoms. The van der Waals surface area contributed by atoms with E-state index >= 15 is 0 Å². The quantitative estimate of drug-likeness (QED) is 0.583. The summed E-state index contributed by atoms with van der Waals surface area (Å²) in [6.07, 6.45) is 1.39. The molecule has 0 atom stereocenters. The summed E-state index contributed by atoms with van der Waals surface area (Å²) >= 11 is 3.38. The first-order valence-corrected chi connectivity index (χ1v) is 9.18. The van der Waals surface area contributed by atoms with Crippen LogP contribution in [0.5, 0.6) is 11.5 Å². The fourth-order valence-electron chi connectivity index (χ4n) is 1.90. The van der Waals surface area contributed by atoms with Crippen molar-refractivity contribution in [1.82, 2.24) is 4.83 Å². The molecule has 0 amide bonds. The van der Waals surface area contributed by atoms with Gasteiger partial charge in [0.15, 0.2) is 11.5 Å². The zero-order valence-corrected chi connectivity index (χ0v) is 15.8. The van der Waals surface area contributed by atoms with Crippen LogP contribution in [0.3, 0.4) is 0 Å². The Hall–Kier alpha value is -2.06. The van der Waals surface area contributed by atoms with Crippen LogP contribution >= 0.6 is 15.9 Å². The number of sulfonamides is 1. The van der Waals surface area contributed by atoms with E-state index in [2.05, 4.69) is 25.9 Å². The number of aryl methyl sites for hydroxylation is 1. The number of hydrazone groups is 1. The molecule has 0 aliphatic rings. The molecule has 2 aromatic rings. The number of methoxy groups -OCH3 is 2. The van der Waals surface area contributed by atoms with E-state index in [4.69, 9.17) is 9.47 Å². The van der Waals surface area contributed by atoms with Crippen LogP contribution in [0, 0.1) is 6.92 Å².